The van der Waals surface area contributed by atoms with Crippen molar-refractivity contribution in [3.05, 3.63) is 267 Å². The first-order chi connectivity index (χ1) is 39.3. The van der Waals surface area contributed by atoms with Crippen molar-refractivity contribution in [2.24, 2.45) is 0 Å². The molecule has 4 aromatic heterocycles. The summed E-state index contributed by atoms with van der Waals surface area (Å²) in [7, 11) is 0. The van der Waals surface area contributed by atoms with Crippen LogP contribution in [0.2, 0.25) is 0 Å². The second-order valence-corrected chi connectivity index (χ2v) is 21.1. The quantitative estimate of drug-likeness (QED) is 0.161. The zero-order valence-corrected chi connectivity index (χ0v) is 42.6. The normalized spacial score (nSPS) is 12.9. The highest BCUT2D eigenvalue weighted by Gasteiger charge is 2.43. The summed E-state index contributed by atoms with van der Waals surface area (Å²) in [6.07, 6.45) is 0. The van der Waals surface area contributed by atoms with Gasteiger partial charge in [-0.1, -0.05) is 164 Å². The molecular formula is C72H44BN5O. The Morgan fingerprint density at radius 2 is 0.684 bits per heavy atom. The molecule has 0 fully saturated rings. The molecule has 0 unspecified atom stereocenters. The van der Waals surface area contributed by atoms with Crippen molar-refractivity contribution >= 4 is 127 Å². The molecule has 0 N–H and O–H groups in total. The SMILES string of the molecule is c1ccc(N2c3ccccc3B3c4cc(-n5c6ccccc6c6c7c(c8ccccc8n7-c7ccccc7)c7c(c8ccccc8n7-c7ccccc7)c65)ccc4Oc4cc(-n5c6ccccc6c6ccccc65)cc2c43)cc1. The summed E-state index contributed by atoms with van der Waals surface area (Å²) in [6, 6.07) is 97.8. The third-order valence-corrected chi connectivity index (χ3v) is 17.1. The van der Waals surface area contributed by atoms with Crippen LogP contribution in [0.15, 0.2) is 267 Å². The van der Waals surface area contributed by atoms with Crippen LogP contribution in [0.5, 0.6) is 11.5 Å². The number of para-hydroxylation sites is 9. The monoisotopic (exact) mass is 1010 g/mol. The number of rotatable bonds is 5. The highest BCUT2D eigenvalue weighted by molar-refractivity contribution is 6.99. The van der Waals surface area contributed by atoms with E-state index in [1.165, 1.54) is 70.6 Å². The molecule has 0 spiro atoms. The van der Waals surface area contributed by atoms with E-state index in [2.05, 4.69) is 290 Å². The second kappa shape index (κ2) is 16.0. The van der Waals surface area contributed by atoms with E-state index in [9.17, 15) is 0 Å². The fraction of sp³-hybridized carbons (Fsp3) is 0. The van der Waals surface area contributed by atoms with Crippen LogP contribution in [0, 0.1) is 0 Å². The summed E-state index contributed by atoms with van der Waals surface area (Å²) in [6.45, 7) is -0.141. The predicted molar refractivity (Wildman–Crippen MR) is 330 cm³/mol. The molecule has 0 saturated carbocycles. The second-order valence-electron chi connectivity index (χ2n) is 21.1. The highest BCUT2D eigenvalue weighted by Crippen LogP contribution is 2.51. The first-order valence-electron chi connectivity index (χ1n) is 27.2. The van der Waals surface area contributed by atoms with E-state index in [0.29, 0.717) is 0 Å². The zero-order chi connectivity index (χ0) is 51.4. The van der Waals surface area contributed by atoms with Gasteiger partial charge in [-0.2, -0.15) is 0 Å². The molecule has 0 bridgehead atoms. The predicted octanol–water partition coefficient (Wildman–Crippen LogP) is 16.5. The molecule has 0 amide bonds. The average Bonchev–Trinajstić information content (AvgIpc) is 3.91. The van der Waals surface area contributed by atoms with Gasteiger partial charge in [-0.3, -0.25) is 0 Å². The van der Waals surface area contributed by atoms with Gasteiger partial charge in [0.2, 0.25) is 0 Å². The van der Waals surface area contributed by atoms with Gasteiger partial charge >= 0.3 is 0 Å². The fourth-order valence-electron chi connectivity index (χ4n) is 14.1. The minimum Gasteiger partial charge on any atom is -0.458 e. The van der Waals surface area contributed by atoms with Gasteiger partial charge in [0.25, 0.3) is 6.71 Å². The summed E-state index contributed by atoms with van der Waals surface area (Å²) in [4.78, 5) is 2.45. The largest absolute Gasteiger partial charge is 0.458 e. The summed E-state index contributed by atoms with van der Waals surface area (Å²) in [5.41, 5.74) is 20.6. The zero-order valence-electron chi connectivity index (χ0n) is 42.6. The Hall–Kier alpha value is -10.5. The van der Waals surface area contributed by atoms with Crippen LogP contribution in [-0.2, 0) is 0 Å². The third kappa shape index (κ3) is 5.75. The standard InChI is InChI=1S/C72H44BN5O/c1-4-22-45(23-5-1)74-62-39-21-15-33-55(62)73-56-42-48(40-41-64(56)79-65-44-49(43-63(74)69(65)73)75-57-34-16-10-28-50(57)51-29-11-17-35-58(51)75)78-61-38-20-14-32-54(61)68-71-66(52-30-12-18-36-59(52)76(71)46-24-6-2-7-25-46)70-67(72(68)78)53-31-13-19-37-60(53)77(70)47-26-8-3-9-27-47/h1-44H. The number of benzene rings is 12. The molecular weight excluding hydrogens is 962 g/mol. The lowest BCUT2D eigenvalue weighted by molar-refractivity contribution is 0.487. The van der Waals surface area contributed by atoms with Crippen molar-refractivity contribution in [1.29, 1.82) is 0 Å². The smallest absolute Gasteiger partial charge is 0.256 e. The van der Waals surface area contributed by atoms with Gasteiger partial charge < -0.3 is 27.9 Å². The molecule has 2 aliphatic heterocycles. The van der Waals surface area contributed by atoms with Gasteiger partial charge in [0, 0.05) is 83.3 Å². The lowest BCUT2D eigenvalue weighted by Gasteiger charge is -2.40. The Morgan fingerprint density at radius 1 is 0.266 bits per heavy atom. The van der Waals surface area contributed by atoms with Crippen molar-refractivity contribution in [2.75, 3.05) is 4.90 Å². The van der Waals surface area contributed by atoms with Crippen molar-refractivity contribution in [3.8, 4) is 34.2 Å². The van der Waals surface area contributed by atoms with Gasteiger partial charge in [-0.15, -0.1) is 0 Å². The Morgan fingerprint density at radius 3 is 1.20 bits per heavy atom. The van der Waals surface area contributed by atoms with E-state index < -0.39 is 0 Å². The number of nitrogens with zero attached hydrogens (tertiary/aromatic N) is 5. The molecule has 7 heteroatoms. The topological polar surface area (TPSA) is 32.2 Å². The molecule has 366 valence electrons. The van der Waals surface area contributed by atoms with E-state index in [0.717, 1.165) is 84.3 Å². The minimum absolute atomic E-state index is 0.141. The highest BCUT2D eigenvalue weighted by atomic mass is 16.5. The summed E-state index contributed by atoms with van der Waals surface area (Å²) in [5.74, 6) is 1.71. The Bertz CT molecular complexity index is 5120. The number of hydrogen-bond acceptors (Lipinski definition) is 2. The van der Waals surface area contributed by atoms with Gasteiger partial charge in [0.05, 0.1) is 49.8 Å². The number of hydrogen-bond donors (Lipinski definition) is 0. The van der Waals surface area contributed by atoms with Gasteiger partial charge in [0.1, 0.15) is 11.5 Å². The van der Waals surface area contributed by atoms with Crippen molar-refractivity contribution in [1.82, 2.24) is 18.3 Å². The van der Waals surface area contributed by atoms with Crippen LogP contribution >= 0.6 is 0 Å². The van der Waals surface area contributed by atoms with E-state index in [-0.39, 0.29) is 6.71 Å². The van der Waals surface area contributed by atoms with E-state index in [1.54, 1.807) is 0 Å². The van der Waals surface area contributed by atoms with Crippen LogP contribution in [0.1, 0.15) is 0 Å². The Balaban J connectivity index is 0.964. The Kier molecular flexibility index (Phi) is 8.66. The summed E-state index contributed by atoms with van der Waals surface area (Å²) >= 11 is 0. The van der Waals surface area contributed by atoms with E-state index in [1.807, 2.05) is 0 Å². The molecule has 6 heterocycles. The number of anilines is 3. The molecule has 2 aliphatic rings. The number of fused-ring (bicyclic) bond motifs is 19. The lowest BCUT2D eigenvalue weighted by Crippen LogP contribution is -2.59. The lowest BCUT2D eigenvalue weighted by atomic mass is 9.34. The fourth-order valence-corrected chi connectivity index (χ4v) is 14.1. The molecule has 12 aromatic carbocycles. The minimum atomic E-state index is -0.141. The molecule has 0 radical (unpaired) electrons. The van der Waals surface area contributed by atoms with Crippen molar-refractivity contribution in [3.63, 3.8) is 0 Å². The van der Waals surface area contributed by atoms with Gasteiger partial charge in [-0.25, -0.2) is 0 Å². The van der Waals surface area contributed by atoms with Crippen molar-refractivity contribution in [2.45, 2.75) is 0 Å². The van der Waals surface area contributed by atoms with Gasteiger partial charge in [-0.05, 0) is 113 Å². The molecule has 79 heavy (non-hydrogen) atoms. The Labute approximate surface area is 454 Å². The van der Waals surface area contributed by atoms with Crippen LogP contribution in [-0.4, -0.2) is 25.0 Å². The summed E-state index contributed by atoms with van der Waals surface area (Å²) < 4.78 is 17.4. The molecule has 6 nitrogen and oxygen atoms in total. The average molecular weight is 1010 g/mol. The maximum absolute atomic E-state index is 7.41. The molecule has 0 aliphatic carbocycles. The molecule has 16 aromatic rings. The number of ether oxygens (including phenoxy) is 1. The maximum Gasteiger partial charge on any atom is 0.256 e. The maximum atomic E-state index is 7.41. The number of aromatic nitrogens is 4. The van der Waals surface area contributed by atoms with Crippen LogP contribution in [0.3, 0.4) is 0 Å². The van der Waals surface area contributed by atoms with Crippen molar-refractivity contribution < 1.29 is 4.74 Å². The summed E-state index contributed by atoms with van der Waals surface area (Å²) in [5, 5.41) is 9.73. The van der Waals surface area contributed by atoms with Crippen LogP contribution in [0.25, 0.3) is 110 Å². The molecule has 0 atom stereocenters. The molecule has 0 saturated heterocycles. The van der Waals surface area contributed by atoms with E-state index in [4.69, 9.17) is 4.74 Å². The van der Waals surface area contributed by atoms with Crippen LogP contribution in [0.4, 0.5) is 17.1 Å². The molecule has 18 rings (SSSR count). The first-order valence-corrected chi connectivity index (χ1v) is 27.2. The van der Waals surface area contributed by atoms with E-state index >= 15 is 0 Å². The van der Waals surface area contributed by atoms with Gasteiger partial charge in [0.15, 0.2) is 0 Å². The first kappa shape index (κ1) is 42.7. The third-order valence-electron chi connectivity index (χ3n) is 17.1. The van der Waals surface area contributed by atoms with Crippen LogP contribution < -0.4 is 26.0 Å².